The van der Waals surface area contributed by atoms with E-state index in [0.29, 0.717) is 39.0 Å². The summed E-state index contributed by atoms with van der Waals surface area (Å²) in [7, 11) is 0. The normalized spacial score (nSPS) is 26.3. The van der Waals surface area contributed by atoms with Crippen LogP contribution in [0.1, 0.15) is 33.1 Å². The number of ether oxygens (including phenoxy) is 1. The molecule has 0 saturated carbocycles. The van der Waals surface area contributed by atoms with E-state index in [1.54, 1.807) is 0 Å². The number of nitrogens with one attached hydrogen (secondary N) is 1. The number of carbonyl (C=O) groups excluding carboxylic acids is 1. The Hall–Kier alpha value is -1.30. The predicted octanol–water partition coefficient (Wildman–Crippen LogP) is 1.09. The fourth-order valence-electron chi connectivity index (χ4n) is 2.34. The predicted molar refractivity (Wildman–Crippen MR) is 67.8 cm³/mol. The van der Waals surface area contributed by atoms with Crippen LogP contribution in [0.5, 0.6) is 0 Å². The zero-order valence-electron chi connectivity index (χ0n) is 11.0. The molecular weight excluding hydrogens is 234 g/mol. The minimum atomic E-state index is -0.710. The standard InChI is InChI=1S/C11H21N5O2/c1-10(2)8-11(9(12)17,4-7-18-10)14-5-3-6-15-16-13/h14H,3-8H2,1-2H3,(H2,12,17). The molecule has 1 amide bonds. The molecule has 0 bridgehead atoms. The molecule has 7 nitrogen and oxygen atoms in total. The summed E-state index contributed by atoms with van der Waals surface area (Å²) in [5, 5.41) is 6.66. The first-order valence-electron chi connectivity index (χ1n) is 6.12. The molecule has 0 aromatic heterocycles. The summed E-state index contributed by atoms with van der Waals surface area (Å²) in [5.74, 6) is -0.345. The van der Waals surface area contributed by atoms with E-state index in [1.165, 1.54) is 0 Å². The maximum absolute atomic E-state index is 11.7. The molecule has 0 radical (unpaired) electrons. The van der Waals surface area contributed by atoms with Gasteiger partial charge in [0.25, 0.3) is 0 Å². The largest absolute Gasteiger partial charge is 0.375 e. The van der Waals surface area contributed by atoms with E-state index >= 15 is 0 Å². The van der Waals surface area contributed by atoms with Crippen LogP contribution in [0.3, 0.4) is 0 Å². The quantitative estimate of drug-likeness (QED) is 0.320. The van der Waals surface area contributed by atoms with E-state index in [4.69, 9.17) is 16.0 Å². The Balaban J connectivity index is 2.58. The van der Waals surface area contributed by atoms with Gasteiger partial charge in [0.2, 0.25) is 5.91 Å². The second-order valence-electron chi connectivity index (χ2n) is 5.22. The van der Waals surface area contributed by atoms with Crippen molar-refractivity contribution in [3.05, 3.63) is 10.4 Å². The molecule has 102 valence electrons. The lowest BCUT2D eigenvalue weighted by Gasteiger charge is -2.43. The van der Waals surface area contributed by atoms with Crippen LogP contribution in [-0.2, 0) is 9.53 Å². The van der Waals surface area contributed by atoms with Gasteiger partial charge >= 0.3 is 0 Å². The fraction of sp³-hybridized carbons (Fsp3) is 0.909. The number of hydrogen-bond acceptors (Lipinski definition) is 4. The SMILES string of the molecule is CC1(C)CC(NCCCN=[N+]=[N-])(C(N)=O)CCO1. The Labute approximate surface area is 107 Å². The van der Waals surface area contributed by atoms with E-state index < -0.39 is 5.54 Å². The lowest BCUT2D eigenvalue weighted by molar-refractivity contribution is -0.138. The summed E-state index contributed by atoms with van der Waals surface area (Å²) in [4.78, 5) is 14.4. The molecule has 1 saturated heterocycles. The molecule has 1 unspecified atom stereocenters. The third kappa shape index (κ3) is 3.87. The molecule has 0 spiro atoms. The Morgan fingerprint density at radius 1 is 1.61 bits per heavy atom. The van der Waals surface area contributed by atoms with Gasteiger partial charge in [-0.2, -0.15) is 0 Å². The minimum Gasteiger partial charge on any atom is -0.375 e. The molecular formula is C11H21N5O2. The number of azide groups is 1. The van der Waals surface area contributed by atoms with Crippen LogP contribution < -0.4 is 11.1 Å². The number of nitrogens with two attached hydrogens (primary N) is 1. The van der Waals surface area contributed by atoms with E-state index in [1.807, 2.05) is 13.8 Å². The Morgan fingerprint density at radius 3 is 2.89 bits per heavy atom. The van der Waals surface area contributed by atoms with Gasteiger partial charge in [-0.1, -0.05) is 5.11 Å². The summed E-state index contributed by atoms with van der Waals surface area (Å²) < 4.78 is 5.60. The van der Waals surface area contributed by atoms with Crippen LogP contribution in [0.4, 0.5) is 0 Å². The number of nitrogens with zero attached hydrogens (tertiary/aromatic N) is 3. The summed E-state index contributed by atoms with van der Waals surface area (Å²) in [6.45, 7) is 5.42. The molecule has 3 N–H and O–H groups in total. The van der Waals surface area contributed by atoms with Crippen LogP contribution in [0, 0.1) is 0 Å². The lowest BCUT2D eigenvalue weighted by Crippen LogP contribution is -2.62. The highest BCUT2D eigenvalue weighted by molar-refractivity contribution is 5.85. The van der Waals surface area contributed by atoms with Crippen molar-refractivity contribution in [3.8, 4) is 0 Å². The molecule has 1 rings (SSSR count). The van der Waals surface area contributed by atoms with Gasteiger partial charge < -0.3 is 15.8 Å². The van der Waals surface area contributed by atoms with Gasteiger partial charge in [-0.15, -0.1) is 0 Å². The molecule has 1 fully saturated rings. The molecule has 1 aliphatic heterocycles. The second kappa shape index (κ2) is 6.04. The van der Waals surface area contributed by atoms with Crippen molar-refractivity contribution < 1.29 is 9.53 Å². The van der Waals surface area contributed by atoms with E-state index in [9.17, 15) is 4.79 Å². The van der Waals surface area contributed by atoms with Crippen molar-refractivity contribution in [1.82, 2.24) is 5.32 Å². The maximum Gasteiger partial charge on any atom is 0.237 e. The third-order valence-corrected chi connectivity index (χ3v) is 3.18. The zero-order chi connectivity index (χ0) is 13.6. The first-order valence-corrected chi connectivity index (χ1v) is 6.12. The summed E-state index contributed by atoms with van der Waals surface area (Å²) in [5.41, 5.74) is 12.6. The number of carbonyl (C=O) groups is 1. The van der Waals surface area contributed by atoms with Crippen LogP contribution in [-0.4, -0.2) is 36.7 Å². The van der Waals surface area contributed by atoms with Crippen molar-refractivity contribution in [1.29, 1.82) is 0 Å². The van der Waals surface area contributed by atoms with Crippen molar-refractivity contribution in [3.63, 3.8) is 0 Å². The number of rotatable bonds is 6. The number of primary amides is 1. The third-order valence-electron chi connectivity index (χ3n) is 3.18. The summed E-state index contributed by atoms with van der Waals surface area (Å²) >= 11 is 0. The molecule has 1 aliphatic rings. The van der Waals surface area contributed by atoms with Gasteiger partial charge in [0.05, 0.1) is 5.60 Å². The molecule has 1 heterocycles. The highest BCUT2D eigenvalue weighted by atomic mass is 16.5. The van der Waals surface area contributed by atoms with Crippen molar-refractivity contribution in [2.45, 2.75) is 44.2 Å². The zero-order valence-corrected chi connectivity index (χ0v) is 11.0. The Bertz CT molecular complexity index is 351. The molecule has 0 aliphatic carbocycles. The van der Waals surface area contributed by atoms with Gasteiger partial charge in [0, 0.05) is 24.5 Å². The second-order valence-corrected chi connectivity index (χ2v) is 5.22. The highest BCUT2D eigenvalue weighted by Crippen LogP contribution is 2.31. The first kappa shape index (κ1) is 14.8. The average molecular weight is 255 g/mol. The smallest absolute Gasteiger partial charge is 0.237 e. The van der Waals surface area contributed by atoms with Gasteiger partial charge in [0.1, 0.15) is 5.54 Å². The van der Waals surface area contributed by atoms with Gasteiger partial charge in [-0.3, -0.25) is 4.79 Å². The van der Waals surface area contributed by atoms with Gasteiger partial charge in [0.15, 0.2) is 0 Å². The van der Waals surface area contributed by atoms with Crippen molar-refractivity contribution in [2.24, 2.45) is 10.8 Å². The monoisotopic (exact) mass is 255 g/mol. The Kier molecular flexibility index (Phi) is 4.95. The molecule has 0 aromatic rings. The van der Waals surface area contributed by atoms with Gasteiger partial charge in [-0.05, 0) is 38.8 Å². The number of hydrogen-bond donors (Lipinski definition) is 2. The minimum absolute atomic E-state index is 0.345. The molecule has 7 heteroatoms. The summed E-state index contributed by atoms with van der Waals surface area (Å²) in [6, 6.07) is 0. The summed E-state index contributed by atoms with van der Waals surface area (Å²) in [6.07, 6.45) is 1.81. The van der Waals surface area contributed by atoms with E-state index in [-0.39, 0.29) is 11.5 Å². The van der Waals surface area contributed by atoms with E-state index in [0.717, 1.165) is 0 Å². The molecule has 1 atom stereocenters. The van der Waals surface area contributed by atoms with E-state index in [2.05, 4.69) is 15.3 Å². The van der Waals surface area contributed by atoms with Gasteiger partial charge in [-0.25, -0.2) is 0 Å². The Morgan fingerprint density at radius 2 is 2.33 bits per heavy atom. The van der Waals surface area contributed by atoms with Crippen molar-refractivity contribution >= 4 is 5.91 Å². The first-order chi connectivity index (χ1) is 8.42. The van der Waals surface area contributed by atoms with Crippen LogP contribution in [0.2, 0.25) is 0 Å². The fourth-order valence-corrected chi connectivity index (χ4v) is 2.34. The average Bonchev–Trinajstić information content (AvgIpc) is 2.27. The van der Waals surface area contributed by atoms with Crippen LogP contribution >= 0.6 is 0 Å². The van der Waals surface area contributed by atoms with Crippen molar-refractivity contribution in [2.75, 3.05) is 19.7 Å². The van der Waals surface area contributed by atoms with Crippen LogP contribution in [0.15, 0.2) is 5.11 Å². The van der Waals surface area contributed by atoms with Crippen LogP contribution in [0.25, 0.3) is 10.4 Å². The highest BCUT2D eigenvalue weighted by Gasteiger charge is 2.44. The molecule has 0 aromatic carbocycles. The molecule has 18 heavy (non-hydrogen) atoms. The topological polar surface area (TPSA) is 113 Å². The lowest BCUT2D eigenvalue weighted by atomic mass is 9.80. The number of amides is 1. The maximum atomic E-state index is 11.7.